The van der Waals surface area contributed by atoms with Crippen LogP contribution in [0.15, 0.2) is 24.3 Å². The second-order valence-electron chi connectivity index (χ2n) is 3.84. The number of nitrogens with zero attached hydrogens (tertiary/aromatic N) is 1. The first-order valence-electron chi connectivity index (χ1n) is 5.31. The van der Waals surface area contributed by atoms with Crippen LogP contribution < -0.4 is 0 Å². The van der Waals surface area contributed by atoms with Gasteiger partial charge in [0.05, 0.1) is 0 Å². The van der Waals surface area contributed by atoms with Gasteiger partial charge in [0.2, 0.25) is 0 Å². The molecule has 0 N–H and O–H groups in total. The molecule has 0 radical (unpaired) electrons. The Morgan fingerprint density at radius 3 is 3.07 bits per heavy atom. The lowest BCUT2D eigenvalue weighted by Crippen LogP contribution is -2.22. The average molecular weight is 210 g/mol. The molecule has 1 aromatic rings. The first-order chi connectivity index (χ1) is 6.81. The summed E-state index contributed by atoms with van der Waals surface area (Å²) in [5, 5.41) is 0.852. The monoisotopic (exact) mass is 209 g/mol. The Balaban J connectivity index is 2.21. The Kier molecular flexibility index (Phi) is 3.09. The van der Waals surface area contributed by atoms with Gasteiger partial charge in [0.25, 0.3) is 0 Å². The molecule has 76 valence electrons. The van der Waals surface area contributed by atoms with Crippen molar-refractivity contribution >= 4 is 11.6 Å². The lowest BCUT2D eigenvalue weighted by molar-refractivity contribution is 0.271. The van der Waals surface area contributed by atoms with Crippen LogP contribution in [0.25, 0.3) is 0 Å². The van der Waals surface area contributed by atoms with Crippen molar-refractivity contribution in [3.05, 3.63) is 34.9 Å². The summed E-state index contributed by atoms with van der Waals surface area (Å²) in [5.41, 5.74) is 1.37. The van der Waals surface area contributed by atoms with Crippen LogP contribution in [-0.4, -0.2) is 18.0 Å². The fraction of sp³-hybridized carbons (Fsp3) is 0.500. The second-order valence-corrected chi connectivity index (χ2v) is 4.28. The Bertz CT molecular complexity index is 311. The number of halogens is 1. The Labute approximate surface area is 90.7 Å². The van der Waals surface area contributed by atoms with Gasteiger partial charge in [-0.3, -0.25) is 4.90 Å². The smallest absolute Gasteiger partial charge is 0.0409 e. The van der Waals surface area contributed by atoms with E-state index in [4.69, 9.17) is 11.6 Å². The molecular weight excluding hydrogens is 194 g/mol. The molecule has 1 saturated heterocycles. The molecule has 0 bridgehead atoms. The van der Waals surface area contributed by atoms with Crippen LogP contribution in [0.4, 0.5) is 0 Å². The van der Waals surface area contributed by atoms with E-state index in [-0.39, 0.29) is 0 Å². The maximum absolute atomic E-state index is 6.00. The highest BCUT2D eigenvalue weighted by Crippen LogP contribution is 2.32. The van der Waals surface area contributed by atoms with Crippen LogP contribution in [0.2, 0.25) is 5.02 Å². The minimum absolute atomic E-state index is 0.596. The molecule has 2 heteroatoms. The van der Waals surface area contributed by atoms with E-state index in [1.54, 1.807) is 0 Å². The Hall–Kier alpha value is -0.530. The van der Waals surface area contributed by atoms with Crippen molar-refractivity contribution < 1.29 is 0 Å². The molecule has 1 nitrogen and oxygen atoms in total. The van der Waals surface area contributed by atoms with E-state index >= 15 is 0 Å². The van der Waals surface area contributed by atoms with Gasteiger partial charge in [0.15, 0.2) is 0 Å². The van der Waals surface area contributed by atoms with Gasteiger partial charge in [-0.1, -0.05) is 30.7 Å². The minimum atomic E-state index is 0.596. The fourth-order valence-corrected chi connectivity index (χ4v) is 2.49. The van der Waals surface area contributed by atoms with Crippen molar-refractivity contribution in [1.82, 2.24) is 4.90 Å². The molecule has 0 aromatic heterocycles. The number of hydrogen-bond donors (Lipinski definition) is 0. The van der Waals surface area contributed by atoms with Crippen molar-refractivity contribution in [2.45, 2.75) is 25.8 Å². The van der Waals surface area contributed by atoms with Crippen LogP contribution in [0.1, 0.15) is 31.4 Å². The van der Waals surface area contributed by atoms with Crippen molar-refractivity contribution in [3.8, 4) is 0 Å². The van der Waals surface area contributed by atoms with Gasteiger partial charge in [0, 0.05) is 11.1 Å². The molecule has 1 aromatic carbocycles. The standard InChI is InChI=1S/C12H16ClN/c1-2-14-8-4-7-12(14)10-5-3-6-11(13)9-10/h3,5-6,9,12H,2,4,7-8H2,1H3. The summed E-state index contributed by atoms with van der Waals surface area (Å²) in [6.45, 7) is 4.59. The van der Waals surface area contributed by atoms with E-state index in [0.717, 1.165) is 11.6 Å². The minimum Gasteiger partial charge on any atom is -0.297 e. The third kappa shape index (κ3) is 1.94. The van der Waals surface area contributed by atoms with Crippen molar-refractivity contribution in [2.75, 3.05) is 13.1 Å². The molecule has 1 heterocycles. The molecule has 1 aliphatic heterocycles. The fourth-order valence-electron chi connectivity index (χ4n) is 2.30. The summed E-state index contributed by atoms with van der Waals surface area (Å²) in [5.74, 6) is 0. The van der Waals surface area contributed by atoms with Crippen LogP contribution in [0.5, 0.6) is 0 Å². The predicted octanol–water partition coefficient (Wildman–Crippen LogP) is 3.50. The molecule has 0 spiro atoms. The van der Waals surface area contributed by atoms with Crippen molar-refractivity contribution in [3.63, 3.8) is 0 Å². The van der Waals surface area contributed by atoms with Gasteiger partial charge in [-0.05, 0) is 43.6 Å². The van der Waals surface area contributed by atoms with E-state index in [1.807, 2.05) is 12.1 Å². The summed E-state index contributed by atoms with van der Waals surface area (Å²) < 4.78 is 0. The molecule has 2 rings (SSSR count). The molecule has 0 amide bonds. The van der Waals surface area contributed by atoms with Gasteiger partial charge in [-0.25, -0.2) is 0 Å². The van der Waals surface area contributed by atoms with Crippen LogP contribution in [0, 0.1) is 0 Å². The van der Waals surface area contributed by atoms with Crippen LogP contribution >= 0.6 is 11.6 Å². The van der Waals surface area contributed by atoms with E-state index in [2.05, 4.69) is 24.0 Å². The number of likely N-dealkylation sites (tertiary alicyclic amines) is 1. The number of rotatable bonds is 2. The molecule has 14 heavy (non-hydrogen) atoms. The SMILES string of the molecule is CCN1CCCC1c1cccc(Cl)c1. The Morgan fingerprint density at radius 1 is 1.50 bits per heavy atom. The van der Waals surface area contributed by atoms with E-state index in [9.17, 15) is 0 Å². The van der Waals surface area contributed by atoms with Gasteiger partial charge in [-0.2, -0.15) is 0 Å². The number of hydrogen-bond acceptors (Lipinski definition) is 1. The highest BCUT2D eigenvalue weighted by Gasteiger charge is 2.24. The molecular formula is C12H16ClN. The van der Waals surface area contributed by atoms with Gasteiger partial charge < -0.3 is 0 Å². The first kappa shape index (κ1) is 10.0. The third-order valence-corrected chi connectivity index (χ3v) is 3.24. The third-order valence-electron chi connectivity index (χ3n) is 3.00. The Morgan fingerprint density at radius 2 is 2.36 bits per heavy atom. The molecule has 1 fully saturated rings. The normalized spacial score (nSPS) is 22.9. The number of benzene rings is 1. The molecule has 0 aliphatic carbocycles. The van der Waals surface area contributed by atoms with Gasteiger partial charge in [-0.15, -0.1) is 0 Å². The van der Waals surface area contributed by atoms with Gasteiger partial charge >= 0.3 is 0 Å². The first-order valence-corrected chi connectivity index (χ1v) is 5.68. The van der Waals surface area contributed by atoms with Crippen LogP contribution in [-0.2, 0) is 0 Å². The zero-order chi connectivity index (χ0) is 9.97. The van der Waals surface area contributed by atoms with E-state index in [1.165, 1.54) is 24.9 Å². The van der Waals surface area contributed by atoms with Crippen molar-refractivity contribution in [1.29, 1.82) is 0 Å². The molecule has 1 unspecified atom stereocenters. The quantitative estimate of drug-likeness (QED) is 0.721. The summed E-state index contributed by atoms with van der Waals surface area (Å²) in [7, 11) is 0. The highest BCUT2D eigenvalue weighted by atomic mass is 35.5. The largest absolute Gasteiger partial charge is 0.297 e. The van der Waals surface area contributed by atoms with Gasteiger partial charge in [0.1, 0.15) is 0 Å². The summed E-state index contributed by atoms with van der Waals surface area (Å²) in [6.07, 6.45) is 2.58. The molecule has 1 aliphatic rings. The van der Waals surface area contributed by atoms with Crippen molar-refractivity contribution in [2.24, 2.45) is 0 Å². The van der Waals surface area contributed by atoms with E-state index < -0.39 is 0 Å². The summed E-state index contributed by atoms with van der Waals surface area (Å²) in [4.78, 5) is 2.52. The second kappa shape index (κ2) is 4.33. The maximum atomic E-state index is 6.00. The van der Waals surface area contributed by atoms with Crippen LogP contribution in [0.3, 0.4) is 0 Å². The summed E-state index contributed by atoms with van der Waals surface area (Å²) in [6, 6.07) is 8.86. The molecule has 1 atom stereocenters. The lowest BCUT2D eigenvalue weighted by Gasteiger charge is -2.23. The zero-order valence-corrected chi connectivity index (χ0v) is 9.30. The highest BCUT2D eigenvalue weighted by molar-refractivity contribution is 6.30. The topological polar surface area (TPSA) is 3.24 Å². The van der Waals surface area contributed by atoms with E-state index in [0.29, 0.717) is 6.04 Å². The average Bonchev–Trinajstić information content (AvgIpc) is 2.65. The zero-order valence-electron chi connectivity index (χ0n) is 8.54. The maximum Gasteiger partial charge on any atom is 0.0409 e. The predicted molar refractivity (Wildman–Crippen MR) is 60.7 cm³/mol. The molecule has 0 saturated carbocycles. The summed E-state index contributed by atoms with van der Waals surface area (Å²) >= 11 is 6.00. The lowest BCUT2D eigenvalue weighted by atomic mass is 10.0.